The summed E-state index contributed by atoms with van der Waals surface area (Å²) in [7, 11) is 0. The van der Waals surface area contributed by atoms with E-state index in [9.17, 15) is 29.4 Å². The molecule has 0 aromatic carbocycles. The van der Waals surface area contributed by atoms with Gasteiger partial charge in [-0.25, -0.2) is 9.78 Å². The van der Waals surface area contributed by atoms with Gasteiger partial charge in [-0.2, -0.15) is 0 Å². The van der Waals surface area contributed by atoms with Crippen LogP contribution in [0.5, 0.6) is 0 Å². The van der Waals surface area contributed by atoms with E-state index < -0.39 is 54.0 Å². The van der Waals surface area contributed by atoms with Crippen LogP contribution in [0.15, 0.2) is 12.5 Å². The van der Waals surface area contributed by atoms with Gasteiger partial charge in [-0.1, -0.05) is 20.3 Å². The molecule has 1 aromatic heterocycles. The summed E-state index contributed by atoms with van der Waals surface area (Å²) in [5.74, 6) is -3.55. The number of H-pyrrole nitrogens is 1. The maximum absolute atomic E-state index is 13.2. The smallest absolute Gasteiger partial charge is 0.326 e. The Morgan fingerprint density at radius 1 is 1.06 bits per heavy atom. The molecular formula is C22H39N7O6. The summed E-state index contributed by atoms with van der Waals surface area (Å²) in [4.78, 5) is 57.0. The van der Waals surface area contributed by atoms with Gasteiger partial charge >= 0.3 is 5.97 Å². The Bertz CT molecular complexity index is 817. The van der Waals surface area contributed by atoms with Crippen LogP contribution in [0.1, 0.15) is 52.1 Å². The van der Waals surface area contributed by atoms with Crippen LogP contribution >= 0.6 is 0 Å². The number of nitrogens with zero attached hydrogens (tertiary/aromatic N) is 1. The quantitative estimate of drug-likeness (QED) is 0.123. The van der Waals surface area contributed by atoms with E-state index in [0.29, 0.717) is 31.5 Å². The summed E-state index contributed by atoms with van der Waals surface area (Å²) in [5, 5.41) is 26.8. The summed E-state index contributed by atoms with van der Waals surface area (Å²) >= 11 is 0. The van der Waals surface area contributed by atoms with E-state index in [1.807, 2.05) is 6.92 Å². The van der Waals surface area contributed by atoms with E-state index in [2.05, 4.69) is 25.9 Å². The highest BCUT2D eigenvalue weighted by Gasteiger charge is 2.33. The molecule has 6 unspecified atom stereocenters. The van der Waals surface area contributed by atoms with E-state index in [4.69, 9.17) is 11.5 Å². The predicted molar refractivity (Wildman–Crippen MR) is 128 cm³/mol. The van der Waals surface area contributed by atoms with Crippen LogP contribution in [-0.2, 0) is 25.6 Å². The number of rotatable bonds is 16. The van der Waals surface area contributed by atoms with Gasteiger partial charge < -0.3 is 42.6 Å². The first-order valence-electron chi connectivity index (χ1n) is 11.8. The average molecular weight is 498 g/mol. The van der Waals surface area contributed by atoms with Crippen molar-refractivity contribution in [2.24, 2.45) is 17.4 Å². The van der Waals surface area contributed by atoms with E-state index in [0.717, 1.165) is 0 Å². The number of imidazole rings is 1. The number of hydrogen-bond acceptors (Lipinski definition) is 8. The van der Waals surface area contributed by atoms with Crippen LogP contribution in [0, 0.1) is 5.92 Å². The number of aromatic nitrogens is 2. The Balaban J connectivity index is 3.07. The van der Waals surface area contributed by atoms with E-state index in [-0.39, 0.29) is 18.8 Å². The van der Waals surface area contributed by atoms with Crippen LogP contribution < -0.4 is 27.4 Å². The Hall–Kier alpha value is -3.03. The van der Waals surface area contributed by atoms with E-state index >= 15 is 0 Å². The second-order valence-corrected chi connectivity index (χ2v) is 8.66. The first kappa shape index (κ1) is 30.0. The Morgan fingerprint density at radius 2 is 1.71 bits per heavy atom. The normalized spacial score (nSPS) is 16.3. The van der Waals surface area contributed by atoms with Crippen molar-refractivity contribution in [3.63, 3.8) is 0 Å². The number of aliphatic hydroxyl groups excluding tert-OH is 1. The van der Waals surface area contributed by atoms with Crippen molar-refractivity contribution in [1.82, 2.24) is 25.9 Å². The van der Waals surface area contributed by atoms with Crippen LogP contribution in [0.4, 0.5) is 0 Å². The van der Waals surface area contributed by atoms with Crippen LogP contribution in [0.2, 0.25) is 0 Å². The van der Waals surface area contributed by atoms with Gasteiger partial charge in [-0.15, -0.1) is 0 Å². The maximum Gasteiger partial charge on any atom is 0.326 e. The number of nitrogens with one attached hydrogen (secondary N) is 4. The third-order valence-electron chi connectivity index (χ3n) is 5.79. The summed E-state index contributed by atoms with van der Waals surface area (Å²) in [6.07, 6.45) is 3.63. The largest absolute Gasteiger partial charge is 0.480 e. The molecule has 0 spiro atoms. The molecule has 0 saturated carbocycles. The summed E-state index contributed by atoms with van der Waals surface area (Å²) in [6, 6.07) is -4.56. The fourth-order valence-corrected chi connectivity index (χ4v) is 3.28. The molecule has 13 nitrogen and oxygen atoms in total. The molecule has 1 aromatic rings. The second-order valence-electron chi connectivity index (χ2n) is 8.66. The lowest BCUT2D eigenvalue weighted by Gasteiger charge is -2.28. The lowest BCUT2D eigenvalue weighted by Crippen LogP contribution is -2.60. The van der Waals surface area contributed by atoms with Crippen molar-refractivity contribution in [2.45, 2.75) is 83.1 Å². The molecule has 0 radical (unpaired) electrons. The minimum absolute atomic E-state index is 0.0150. The number of carboxylic acid groups (broad SMARTS) is 1. The molecule has 198 valence electrons. The third kappa shape index (κ3) is 10.0. The molecule has 0 aliphatic heterocycles. The summed E-state index contributed by atoms with van der Waals surface area (Å²) < 4.78 is 0. The van der Waals surface area contributed by atoms with Gasteiger partial charge in [-0.3, -0.25) is 14.4 Å². The SMILES string of the molecule is CCC(C)C(NC(=O)C(N)C(C)O)C(=O)NC(Cc1cnc[nH]1)C(=O)NC(CCCCN)C(=O)O. The van der Waals surface area contributed by atoms with Crippen molar-refractivity contribution < 1.29 is 29.4 Å². The molecule has 1 heterocycles. The van der Waals surface area contributed by atoms with Crippen molar-refractivity contribution >= 4 is 23.7 Å². The Labute approximate surface area is 204 Å². The topological polar surface area (TPSA) is 226 Å². The summed E-state index contributed by atoms with van der Waals surface area (Å²) in [6.45, 7) is 5.35. The van der Waals surface area contributed by atoms with Gasteiger partial charge in [0.25, 0.3) is 0 Å². The fourth-order valence-electron chi connectivity index (χ4n) is 3.28. The average Bonchev–Trinajstić information content (AvgIpc) is 3.33. The molecule has 35 heavy (non-hydrogen) atoms. The monoisotopic (exact) mass is 497 g/mol. The number of nitrogens with two attached hydrogens (primary N) is 2. The molecule has 3 amide bonds. The van der Waals surface area contributed by atoms with Gasteiger partial charge in [0.2, 0.25) is 17.7 Å². The van der Waals surface area contributed by atoms with Crippen LogP contribution in [0.25, 0.3) is 0 Å². The molecule has 0 aliphatic carbocycles. The molecule has 10 N–H and O–H groups in total. The molecule has 6 atom stereocenters. The standard InChI is InChI=1S/C22H39N7O6/c1-4-12(2)18(29-20(32)17(24)13(3)30)21(33)28-16(9-14-10-25-11-26-14)19(31)27-15(22(34)35)7-5-6-8-23/h10-13,15-18,30H,4-9,23-24H2,1-3H3,(H,25,26)(H,27,31)(H,28,33)(H,29,32)(H,34,35). The molecule has 0 aliphatic rings. The van der Waals surface area contributed by atoms with Gasteiger partial charge in [0.05, 0.1) is 12.4 Å². The number of amides is 3. The van der Waals surface area contributed by atoms with Gasteiger partial charge in [-0.05, 0) is 38.6 Å². The number of unbranched alkanes of at least 4 members (excludes halogenated alkanes) is 1. The molecule has 1 rings (SSSR count). The van der Waals surface area contributed by atoms with Crippen molar-refractivity contribution in [1.29, 1.82) is 0 Å². The first-order valence-corrected chi connectivity index (χ1v) is 11.8. The van der Waals surface area contributed by atoms with Crippen molar-refractivity contribution in [3.8, 4) is 0 Å². The minimum atomic E-state index is -1.23. The van der Waals surface area contributed by atoms with E-state index in [1.165, 1.54) is 19.4 Å². The number of carboxylic acids is 1. The van der Waals surface area contributed by atoms with Crippen molar-refractivity contribution in [3.05, 3.63) is 18.2 Å². The number of carbonyl (C=O) groups excluding carboxylic acids is 3. The summed E-state index contributed by atoms with van der Waals surface area (Å²) in [5.41, 5.74) is 11.7. The molecule has 0 saturated heterocycles. The van der Waals surface area contributed by atoms with E-state index in [1.54, 1.807) is 6.92 Å². The molecule has 13 heteroatoms. The zero-order valence-corrected chi connectivity index (χ0v) is 20.5. The zero-order valence-electron chi connectivity index (χ0n) is 20.5. The van der Waals surface area contributed by atoms with Crippen LogP contribution in [0.3, 0.4) is 0 Å². The molecular weight excluding hydrogens is 458 g/mol. The lowest BCUT2D eigenvalue weighted by molar-refractivity contribution is -0.142. The number of aliphatic hydroxyl groups is 1. The highest BCUT2D eigenvalue weighted by Crippen LogP contribution is 2.11. The highest BCUT2D eigenvalue weighted by atomic mass is 16.4. The number of hydrogen-bond donors (Lipinski definition) is 8. The Kier molecular flexibility index (Phi) is 12.9. The number of aromatic amines is 1. The second kappa shape index (κ2) is 15.1. The van der Waals surface area contributed by atoms with Crippen LogP contribution in [-0.4, -0.2) is 80.7 Å². The number of carbonyl (C=O) groups is 4. The molecule has 0 bridgehead atoms. The zero-order chi connectivity index (χ0) is 26.5. The van der Waals surface area contributed by atoms with Gasteiger partial charge in [0, 0.05) is 18.3 Å². The number of aliphatic carboxylic acids is 1. The first-order chi connectivity index (χ1) is 16.5. The molecule has 0 fully saturated rings. The Morgan fingerprint density at radius 3 is 2.23 bits per heavy atom. The lowest BCUT2D eigenvalue weighted by atomic mass is 9.97. The minimum Gasteiger partial charge on any atom is -0.480 e. The maximum atomic E-state index is 13.2. The van der Waals surface area contributed by atoms with Gasteiger partial charge in [0.1, 0.15) is 24.2 Å². The fraction of sp³-hybridized carbons (Fsp3) is 0.682. The predicted octanol–water partition coefficient (Wildman–Crippen LogP) is -1.63. The van der Waals surface area contributed by atoms with Gasteiger partial charge in [0.15, 0.2) is 0 Å². The van der Waals surface area contributed by atoms with Crippen molar-refractivity contribution in [2.75, 3.05) is 6.54 Å². The third-order valence-corrected chi connectivity index (χ3v) is 5.79. The highest BCUT2D eigenvalue weighted by molar-refractivity contribution is 5.94.